The molecular formula is C7H4Cl2F3N. The molecule has 0 aromatic heterocycles. The predicted molar refractivity (Wildman–Crippen MR) is 45.9 cm³/mol. The highest BCUT2D eigenvalue weighted by molar-refractivity contribution is 6.35. The summed E-state index contributed by atoms with van der Waals surface area (Å²) >= 11 is 10.7. The average Bonchev–Trinajstić information content (AvgIpc) is 1.94. The highest BCUT2D eigenvalue weighted by Crippen LogP contribution is 2.38. The van der Waals surface area contributed by atoms with Gasteiger partial charge in [-0.2, -0.15) is 13.2 Å². The van der Waals surface area contributed by atoms with Gasteiger partial charge in [0.15, 0.2) is 0 Å². The number of hydrogen-bond acceptors (Lipinski definition) is 1. The van der Waals surface area contributed by atoms with Crippen molar-refractivity contribution in [3.05, 3.63) is 27.7 Å². The first kappa shape index (κ1) is 10.5. The third kappa shape index (κ3) is 2.19. The third-order valence-corrected chi connectivity index (χ3v) is 2.03. The molecule has 0 fully saturated rings. The summed E-state index contributed by atoms with van der Waals surface area (Å²) in [7, 11) is 0. The number of nitrogen functional groups attached to an aromatic ring is 1. The predicted octanol–water partition coefficient (Wildman–Crippen LogP) is 3.59. The molecule has 1 rings (SSSR count). The zero-order valence-electron chi connectivity index (χ0n) is 6.12. The maximum absolute atomic E-state index is 12.2. The van der Waals surface area contributed by atoms with E-state index in [-0.39, 0.29) is 10.7 Å². The molecule has 0 spiro atoms. The van der Waals surface area contributed by atoms with Crippen LogP contribution in [-0.2, 0) is 6.18 Å². The Labute approximate surface area is 82.2 Å². The van der Waals surface area contributed by atoms with Crippen LogP contribution in [0.2, 0.25) is 10.0 Å². The molecule has 0 saturated heterocycles. The SMILES string of the molecule is Nc1cc(Cl)c(C(F)(F)F)cc1Cl. The van der Waals surface area contributed by atoms with Crippen LogP contribution < -0.4 is 5.73 Å². The lowest BCUT2D eigenvalue weighted by atomic mass is 10.2. The van der Waals surface area contributed by atoms with E-state index >= 15 is 0 Å². The van der Waals surface area contributed by atoms with E-state index in [1.165, 1.54) is 0 Å². The number of nitrogens with two attached hydrogens (primary N) is 1. The smallest absolute Gasteiger partial charge is 0.397 e. The van der Waals surface area contributed by atoms with Crippen LogP contribution in [0.5, 0.6) is 0 Å². The van der Waals surface area contributed by atoms with Crippen LogP contribution in [0.4, 0.5) is 18.9 Å². The molecule has 0 aliphatic rings. The Bertz CT molecular complexity index is 335. The van der Waals surface area contributed by atoms with Crippen molar-refractivity contribution in [3.63, 3.8) is 0 Å². The lowest BCUT2D eigenvalue weighted by Gasteiger charge is -2.09. The topological polar surface area (TPSA) is 26.0 Å². The van der Waals surface area contributed by atoms with Gasteiger partial charge in [-0.05, 0) is 12.1 Å². The fraction of sp³-hybridized carbons (Fsp3) is 0.143. The Morgan fingerprint density at radius 2 is 1.62 bits per heavy atom. The van der Waals surface area contributed by atoms with E-state index in [0.29, 0.717) is 6.07 Å². The van der Waals surface area contributed by atoms with Crippen molar-refractivity contribution in [2.24, 2.45) is 0 Å². The second-order valence-corrected chi connectivity index (χ2v) is 3.17. The Hall–Kier alpha value is -0.610. The van der Waals surface area contributed by atoms with Gasteiger partial charge in [-0.25, -0.2) is 0 Å². The second kappa shape index (κ2) is 3.27. The van der Waals surface area contributed by atoms with Gasteiger partial charge in [0.25, 0.3) is 0 Å². The quantitative estimate of drug-likeness (QED) is 0.677. The van der Waals surface area contributed by atoms with Gasteiger partial charge in [0.1, 0.15) is 0 Å². The van der Waals surface area contributed by atoms with Gasteiger partial charge < -0.3 is 5.73 Å². The maximum atomic E-state index is 12.2. The summed E-state index contributed by atoms with van der Waals surface area (Å²) in [5.41, 5.74) is 4.30. The van der Waals surface area contributed by atoms with Crippen molar-refractivity contribution >= 4 is 28.9 Å². The fourth-order valence-corrected chi connectivity index (χ4v) is 1.22. The number of rotatable bonds is 0. The van der Waals surface area contributed by atoms with Crippen LogP contribution in [0.25, 0.3) is 0 Å². The summed E-state index contributed by atoms with van der Waals surface area (Å²) in [5, 5.41) is -0.605. The molecule has 1 aromatic carbocycles. The molecule has 0 amide bonds. The lowest BCUT2D eigenvalue weighted by molar-refractivity contribution is -0.137. The molecule has 6 heteroatoms. The zero-order valence-corrected chi connectivity index (χ0v) is 7.63. The molecule has 0 aliphatic carbocycles. The van der Waals surface area contributed by atoms with Gasteiger partial charge in [0.05, 0.1) is 21.3 Å². The Balaban J connectivity index is 3.32. The number of benzene rings is 1. The van der Waals surface area contributed by atoms with E-state index in [2.05, 4.69) is 0 Å². The molecule has 0 bridgehead atoms. The first-order valence-electron chi connectivity index (χ1n) is 3.14. The molecule has 0 unspecified atom stereocenters. The van der Waals surface area contributed by atoms with Crippen LogP contribution in [0.3, 0.4) is 0 Å². The molecule has 1 aromatic rings. The Morgan fingerprint density at radius 3 is 2.08 bits per heavy atom. The summed E-state index contributed by atoms with van der Waals surface area (Å²) in [4.78, 5) is 0. The fourth-order valence-electron chi connectivity index (χ4n) is 0.779. The van der Waals surface area contributed by atoms with Gasteiger partial charge in [0.2, 0.25) is 0 Å². The van der Waals surface area contributed by atoms with E-state index in [9.17, 15) is 13.2 Å². The van der Waals surface area contributed by atoms with Gasteiger partial charge >= 0.3 is 6.18 Å². The van der Waals surface area contributed by atoms with Crippen LogP contribution in [0.15, 0.2) is 12.1 Å². The van der Waals surface area contributed by atoms with E-state index < -0.39 is 16.8 Å². The monoisotopic (exact) mass is 229 g/mol. The van der Waals surface area contributed by atoms with Gasteiger partial charge in [-0.1, -0.05) is 23.2 Å². The van der Waals surface area contributed by atoms with Crippen molar-refractivity contribution in [1.29, 1.82) is 0 Å². The minimum atomic E-state index is -4.51. The number of anilines is 1. The Morgan fingerprint density at radius 1 is 1.08 bits per heavy atom. The summed E-state index contributed by atoms with van der Waals surface area (Å²) in [6.07, 6.45) is -4.51. The average molecular weight is 230 g/mol. The first-order chi connectivity index (χ1) is 5.82. The molecule has 2 N–H and O–H groups in total. The number of hydrogen-bond donors (Lipinski definition) is 1. The van der Waals surface area contributed by atoms with Crippen molar-refractivity contribution in [3.8, 4) is 0 Å². The van der Waals surface area contributed by atoms with Gasteiger partial charge in [-0.15, -0.1) is 0 Å². The molecule has 13 heavy (non-hydrogen) atoms. The summed E-state index contributed by atoms with van der Waals surface area (Å²) in [5.74, 6) is 0. The van der Waals surface area contributed by atoms with Crippen LogP contribution in [-0.4, -0.2) is 0 Å². The van der Waals surface area contributed by atoms with Crippen molar-refractivity contribution in [1.82, 2.24) is 0 Å². The molecule has 0 radical (unpaired) electrons. The number of alkyl halides is 3. The standard InChI is InChI=1S/C7H4Cl2F3N/c8-4-2-6(13)5(9)1-3(4)7(10,11)12/h1-2H,13H2. The molecule has 72 valence electrons. The van der Waals surface area contributed by atoms with E-state index in [0.717, 1.165) is 6.07 Å². The summed E-state index contributed by atoms with van der Waals surface area (Å²) in [6, 6.07) is 1.69. The van der Waals surface area contributed by atoms with Gasteiger partial charge in [-0.3, -0.25) is 0 Å². The molecule has 0 atom stereocenters. The van der Waals surface area contributed by atoms with Gasteiger partial charge in [0, 0.05) is 0 Å². The molecule has 0 heterocycles. The first-order valence-corrected chi connectivity index (χ1v) is 3.89. The van der Waals surface area contributed by atoms with E-state index in [1.54, 1.807) is 0 Å². The van der Waals surface area contributed by atoms with Crippen molar-refractivity contribution in [2.75, 3.05) is 5.73 Å². The Kier molecular flexibility index (Phi) is 2.63. The minimum absolute atomic E-state index is 0.0275. The number of halogens is 5. The van der Waals surface area contributed by atoms with Crippen molar-refractivity contribution < 1.29 is 13.2 Å². The normalized spacial score (nSPS) is 11.8. The highest BCUT2D eigenvalue weighted by atomic mass is 35.5. The van der Waals surface area contributed by atoms with Crippen LogP contribution in [0.1, 0.15) is 5.56 Å². The van der Waals surface area contributed by atoms with E-state index in [1.807, 2.05) is 0 Å². The maximum Gasteiger partial charge on any atom is 0.417 e. The molecule has 0 aliphatic heterocycles. The molecule has 1 nitrogen and oxygen atoms in total. The molecular weight excluding hydrogens is 226 g/mol. The lowest BCUT2D eigenvalue weighted by Crippen LogP contribution is -2.06. The van der Waals surface area contributed by atoms with Crippen molar-refractivity contribution in [2.45, 2.75) is 6.18 Å². The summed E-state index contributed by atoms with van der Waals surface area (Å²) in [6.45, 7) is 0. The van der Waals surface area contributed by atoms with E-state index in [4.69, 9.17) is 28.9 Å². The third-order valence-electron chi connectivity index (χ3n) is 1.39. The minimum Gasteiger partial charge on any atom is -0.397 e. The zero-order chi connectivity index (χ0) is 10.2. The summed E-state index contributed by atoms with van der Waals surface area (Å²) < 4.78 is 36.5. The van der Waals surface area contributed by atoms with Crippen LogP contribution >= 0.6 is 23.2 Å². The van der Waals surface area contributed by atoms with Crippen LogP contribution in [0, 0.1) is 0 Å². The highest BCUT2D eigenvalue weighted by Gasteiger charge is 2.33. The largest absolute Gasteiger partial charge is 0.417 e. The second-order valence-electron chi connectivity index (χ2n) is 2.35. The molecule has 0 saturated carbocycles.